The fourth-order valence-corrected chi connectivity index (χ4v) is 3.37. The van der Waals surface area contributed by atoms with E-state index in [0.29, 0.717) is 0 Å². The SMILES string of the molecule is CC1(C)C=Cc2c(nc3ccccc3c2NCc2ccccc2)C1.Cl. The van der Waals surface area contributed by atoms with Crippen LogP contribution in [0.15, 0.2) is 60.7 Å². The summed E-state index contributed by atoms with van der Waals surface area (Å²) in [6, 6.07) is 18.9. The van der Waals surface area contributed by atoms with Gasteiger partial charge in [0.25, 0.3) is 0 Å². The van der Waals surface area contributed by atoms with Crippen molar-refractivity contribution >= 4 is 35.1 Å². The summed E-state index contributed by atoms with van der Waals surface area (Å²) in [4.78, 5) is 4.94. The van der Waals surface area contributed by atoms with Crippen LogP contribution in [0.3, 0.4) is 0 Å². The average Bonchev–Trinajstić information content (AvgIpc) is 2.58. The highest BCUT2D eigenvalue weighted by Gasteiger charge is 2.24. The molecule has 0 fully saturated rings. The van der Waals surface area contributed by atoms with Gasteiger partial charge in [-0.15, -0.1) is 12.4 Å². The molecular formula is C22H23ClN2. The van der Waals surface area contributed by atoms with Crippen LogP contribution in [0.2, 0.25) is 0 Å². The topological polar surface area (TPSA) is 24.9 Å². The molecule has 0 spiro atoms. The number of fused-ring (bicyclic) bond motifs is 2. The van der Waals surface area contributed by atoms with Crippen LogP contribution in [0.25, 0.3) is 17.0 Å². The summed E-state index contributed by atoms with van der Waals surface area (Å²) in [5.41, 5.74) is 6.15. The van der Waals surface area contributed by atoms with Crippen LogP contribution < -0.4 is 5.32 Å². The van der Waals surface area contributed by atoms with Crippen molar-refractivity contribution in [3.05, 3.63) is 77.5 Å². The average molecular weight is 351 g/mol. The van der Waals surface area contributed by atoms with E-state index >= 15 is 0 Å². The zero-order chi connectivity index (χ0) is 16.6. The molecule has 0 unspecified atom stereocenters. The van der Waals surface area contributed by atoms with Crippen LogP contribution in [0, 0.1) is 5.41 Å². The molecule has 0 saturated heterocycles. The highest BCUT2D eigenvalue weighted by atomic mass is 35.5. The number of hydrogen-bond donors (Lipinski definition) is 1. The summed E-state index contributed by atoms with van der Waals surface area (Å²) in [6.07, 6.45) is 5.52. The quantitative estimate of drug-likeness (QED) is 0.639. The fourth-order valence-electron chi connectivity index (χ4n) is 3.37. The molecule has 128 valence electrons. The van der Waals surface area contributed by atoms with Crippen molar-refractivity contribution in [1.82, 2.24) is 4.98 Å². The molecule has 0 aliphatic heterocycles. The van der Waals surface area contributed by atoms with Crippen LogP contribution in [0.5, 0.6) is 0 Å². The minimum Gasteiger partial charge on any atom is -0.380 e. The third kappa shape index (κ3) is 3.54. The Morgan fingerprint density at radius 3 is 2.52 bits per heavy atom. The Bertz CT molecular complexity index is 914. The maximum Gasteiger partial charge on any atom is 0.0726 e. The fraction of sp³-hybridized carbons (Fsp3) is 0.227. The minimum atomic E-state index is 0. The van der Waals surface area contributed by atoms with E-state index in [9.17, 15) is 0 Å². The van der Waals surface area contributed by atoms with E-state index in [1.807, 2.05) is 0 Å². The predicted octanol–water partition coefficient (Wildman–Crippen LogP) is 5.86. The first-order valence-corrected chi connectivity index (χ1v) is 8.51. The molecule has 0 bridgehead atoms. The lowest BCUT2D eigenvalue weighted by Crippen LogP contribution is -2.18. The molecule has 3 heteroatoms. The smallest absolute Gasteiger partial charge is 0.0726 e. The number of rotatable bonds is 3. The normalized spacial score (nSPS) is 14.6. The number of pyridine rings is 1. The van der Waals surface area contributed by atoms with Crippen molar-refractivity contribution in [2.45, 2.75) is 26.8 Å². The summed E-state index contributed by atoms with van der Waals surface area (Å²) < 4.78 is 0. The first-order chi connectivity index (χ1) is 11.6. The van der Waals surface area contributed by atoms with Gasteiger partial charge in [0.2, 0.25) is 0 Å². The lowest BCUT2D eigenvalue weighted by molar-refractivity contribution is 0.469. The van der Waals surface area contributed by atoms with E-state index in [4.69, 9.17) is 4.98 Å². The Morgan fingerprint density at radius 1 is 1.00 bits per heavy atom. The number of hydrogen-bond acceptors (Lipinski definition) is 2. The van der Waals surface area contributed by atoms with Crippen molar-refractivity contribution in [2.75, 3.05) is 5.32 Å². The highest BCUT2D eigenvalue weighted by Crippen LogP contribution is 2.37. The molecule has 1 aliphatic rings. The van der Waals surface area contributed by atoms with Gasteiger partial charge in [0, 0.05) is 17.5 Å². The summed E-state index contributed by atoms with van der Waals surface area (Å²) in [5.74, 6) is 0. The molecule has 0 amide bonds. The maximum atomic E-state index is 4.94. The number of nitrogens with zero attached hydrogens (tertiary/aromatic N) is 1. The van der Waals surface area contributed by atoms with Gasteiger partial charge in [0.05, 0.1) is 16.9 Å². The third-order valence-corrected chi connectivity index (χ3v) is 4.65. The van der Waals surface area contributed by atoms with Gasteiger partial charge < -0.3 is 5.32 Å². The molecule has 25 heavy (non-hydrogen) atoms. The number of para-hydroxylation sites is 1. The van der Waals surface area contributed by atoms with E-state index in [2.05, 4.69) is 85.9 Å². The summed E-state index contributed by atoms with van der Waals surface area (Å²) in [5, 5.41) is 4.86. The maximum absolute atomic E-state index is 4.94. The first kappa shape index (κ1) is 17.5. The molecule has 2 aromatic carbocycles. The van der Waals surface area contributed by atoms with Crippen molar-refractivity contribution in [3.63, 3.8) is 0 Å². The van der Waals surface area contributed by atoms with E-state index < -0.39 is 0 Å². The van der Waals surface area contributed by atoms with Crippen LogP contribution in [-0.4, -0.2) is 4.98 Å². The lowest BCUT2D eigenvalue weighted by Gasteiger charge is -2.27. The largest absolute Gasteiger partial charge is 0.380 e. The molecule has 0 atom stereocenters. The Morgan fingerprint density at radius 2 is 1.72 bits per heavy atom. The predicted molar refractivity (Wildman–Crippen MR) is 109 cm³/mol. The second-order valence-electron chi connectivity index (χ2n) is 7.20. The molecule has 3 aromatic rings. The van der Waals surface area contributed by atoms with Crippen LogP contribution >= 0.6 is 12.4 Å². The molecule has 0 saturated carbocycles. The third-order valence-electron chi connectivity index (χ3n) is 4.65. The van der Waals surface area contributed by atoms with Gasteiger partial charge in [-0.05, 0) is 23.5 Å². The first-order valence-electron chi connectivity index (χ1n) is 8.51. The highest BCUT2D eigenvalue weighted by molar-refractivity contribution is 5.96. The second kappa shape index (κ2) is 6.89. The number of aromatic nitrogens is 1. The van der Waals surface area contributed by atoms with E-state index in [0.717, 1.165) is 18.5 Å². The minimum absolute atomic E-state index is 0. The molecule has 2 nitrogen and oxygen atoms in total. The molecule has 1 N–H and O–H groups in total. The van der Waals surface area contributed by atoms with Gasteiger partial charge in [-0.2, -0.15) is 0 Å². The van der Waals surface area contributed by atoms with Crippen LogP contribution in [-0.2, 0) is 13.0 Å². The number of anilines is 1. The van der Waals surface area contributed by atoms with Crippen molar-refractivity contribution in [2.24, 2.45) is 5.41 Å². The monoisotopic (exact) mass is 350 g/mol. The molecule has 4 rings (SSSR count). The van der Waals surface area contributed by atoms with Crippen molar-refractivity contribution in [3.8, 4) is 0 Å². The van der Waals surface area contributed by atoms with Crippen LogP contribution in [0.4, 0.5) is 5.69 Å². The van der Waals surface area contributed by atoms with Crippen molar-refractivity contribution < 1.29 is 0 Å². The summed E-state index contributed by atoms with van der Waals surface area (Å²) in [6.45, 7) is 5.35. The zero-order valence-electron chi connectivity index (χ0n) is 14.6. The Kier molecular flexibility index (Phi) is 4.82. The van der Waals surface area contributed by atoms with E-state index in [1.54, 1.807) is 0 Å². The van der Waals surface area contributed by atoms with Crippen LogP contribution in [0.1, 0.15) is 30.7 Å². The molecule has 1 aliphatic carbocycles. The zero-order valence-corrected chi connectivity index (χ0v) is 15.4. The lowest BCUT2D eigenvalue weighted by atomic mass is 9.81. The van der Waals surface area contributed by atoms with Gasteiger partial charge in [-0.1, -0.05) is 74.5 Å². The van der Waals surface area contributed by atoms with Gasteiger partial charge >= 0.3 is 0 Å². The Balaban J connectivity index is 0.00000182. The summed E-state index contributed by atoms with van der Waals surface area (Å²) >= 11 is 0. The second-order valence-corrected chi connectivity index (χ2v) is 7.20. The molecular weight excluding hydrogens is 328 g/mol. The Labute approximate surface area is 155 Å². The van der Waals surface area contributed by atoms with E-state index in [-0.39, 0.29) is 17.8 Å². The number of halogens is 1. The standard InChI is InChI=1S/C22H22N2.ClH/c1-22(2)13-12-18-20(14-22)24-19-11-7-6-10-17(19)21(18)23-15-16-8-4-3-5-9-16;/h3-13H,14-15H2,1-2H3,(H,23,24);1H. The van der Waals surface area contributed by atoms with Gasteiger partial charge in [0.15, 0.2) is 0 Å². The number of benzene rings is 2. The van der Waals surface area contributed by atoms with Gasteiger partial charge in [0.1, 0.15) is 0 Å². The van der Waals surface area contributed by atoms with Gasteiger partial charge in [-0.3, -0.25) is 4.98 Å². The molecule has 1 aromatic heterocycles. The Hall–Kier alpha value is -2.32. The van der Waals surface area contributed by atoms with Crippen molar-refractivity contribution in [1.29, 1.82) is 0 Å². The number of nitrogens with one attached hydrogen (secondary N) is 1. The molecule has 0 radical (unpaired) electrons. The number of allylic oxidation sites excluding steroid dienone is 1. The summed E-state index contributed by atoms with van der Waals surface area (Å²) in [7, 11) is 0. The van der Waals surface area contributed by atoms with Gasteiger partial charge in [-0.25, -0.2) is 0 Å². The van der Waals surface area contributed by atoms with E-state index in [1.165, 1.54) is 27.9 Å². The molecule has 1 heterocycles.